The lowest BCUT2D eigenvalue weighted by Crippen LogP contribution is -1.96. The molecule has 0 aliphatic heterocycles. The highest BCUT2D eigenvalue weighted by Crippen LogP contribution is 2.18. The van der Waals surface area contributed by atoms with Crippen molar-refractivity contribution in [1.29, 1.82) is 5.26 Å². The van der Waals surface area contributed by atoms with Crippen LogP contribution in [0.2, 0.25) is 0 Å². The number of benzene rings is 1. The molecular formula is C10H8ClNO2. The highest BCUT2D eigenvalue weighted by atomic mass is 35.5. The standard InChI is InChI=1S/C10H8ClNO2/c1-2-14-9-4-7(6-12)3-8(5-9)10(11)13/h3-5H,2H2,1H3. The Morgan fingerprint density at radius 1 is 1.57 bits per heavy atom. The van der Waals surface area contributed by atoms with Crippen LogP contribution < -0.4 is 4.74 Å². The molecule has 1 aromatic carbocycles. The largest absolute Gasteiger partial charge is 0.494 e. The summed E-state index contributed by atoms with van der Waals surface area (Å²) >= 11 is 5.30. The van der Waals surface area contributed by atoms with Crippen molar-refractivity contribution in [3.8, 4) is 11.8 Å². The molecule has 0 saturated heterocycles. The molecule has 0 saturated carbocycles. The zero-order chi connectivity index (χ0) is 10.6. The minimum Gasteiger partial charge on any atom is -0.494 e. The third-order valence-corrected chi connectivity index (χ3v) is 1.79. The van der Waals surface area contributed by atoms with E-state index in [0.717, 1.165) is 0 Å². The van der Waals surface area contributed by atoms with Gasteiger partial charge in [-0.3, -0.25) is 4.79 Å². The molecule has 0 heterocycles. The summed E-state index contributed by atoms with van der Waals surface area (Å²) in [5.41, 5.74) is 0.633. The van der Waals surface area contributed by atoms with Crippen LogP contribution in [0.5, 0.6) is 5.75 Å². The van der Waals surface area contributed by atoms with Crippen molar-refractivity contribution in [1.82, 2.24) is 0 Å². The molecule has 0 spiro atoms. The maximum absolute atomic E-state index is 10.9. The summed E-state index contributed by atoms with van der Waals surface area (Å²) < 4.78 is 5.18. The van der Waals surface area contributed by atoms with Crippen molar-refractivity contribution >= 4 is 16.8 Å². The average Bonchev–Trinajstić information content (AvgIpc) is 2.17. The normalized spacial score (nSPS) is 9.21. The third-order valence-electron chi connectivity index (χ3n) is 1.57. The maximum atomic E-state index is 10.9. The smallest absolute Gasteiger partial charge is 0.252 e. The first kappa shape index (κ1) is 10.6. The first-order valence-electron chi connectivity index (χ1n) is 4.05. The van der Waals surface area contributed by atoms with Crippen LogP contribution in [-0.2, 0) is 0 Å². The second-order valence-electron chi connectivity index (χ2n) is 2.56. The molecule has 0 fully saturated rings. The van der Waals surface area contributed by atoms with E-state index in [-0.39, 0.29) is 5.56 Å². The van der Waals surface area contributed by atoms with Gasteiger partial charge in [-0.1, -0.05) is 0 Å². The maximum Gasteiger partial charge on any atom is 0.252 e. The van der Waals surface area contributed by atoms with E-state index in [1.165, 1.54) is 12.1 Å². The van der Waals surface area contributed by atoms with Gasteiger partial charge >= 0.3 is 0 Å². The molecule has 0 N–H and O–H groups in total. The van der Waals surface area contributed by atoms with Gasteiger partial charge in [0.1, 0.15) is 5.75 Å². The van der Waals surface area contributed by atoms with Crippen LogP contribution in [0.25, 0.3) is 0 Å². The number of nitrogens with zero attached hydrogens (tertiary/aromatic N) is 1. The van der Waals surface area contributed by atoms with E-state index >= 15 is 0 Å². The van der Waals surface area contributed by atoms with Gasteiger partial charge in [-0.25, -0.2) is 0 Å². The second-order valence-corrected chi connectivity index (χ2v) is 2.91. The van der Waals surface area contributed by atoms with E-state index in [0.29, 0.717) is 17.9 Å². The summed E-state index contributed by atoms with van der Waals surface area (Å²) in [4.78, 5) is 10.9. The van der Waals surface area contributed by atoms with Crippen LogP contribution in [-0.4, -0.2) is 11.8 Å². The van der Waals surface area contributed by atoms with Crippen molar-refractivity contribution < 1.29 is 9.53 Å². The van der Waals surface area contributed by atoms with Crippen molar-refractivity contribution in [2.24, 2.45) is 0 Å². The Bertz CT molecular complexity index is 396. The number of hydrogen-bond donors (Lipinski definition) is 0. The predicted molar refractivity (Wildman–Crippen MR) is 52.5 cm³/mol. The summed E-state index contributed by atoms with van der Waals surface area (Å²) in [6.45, 7) is 2.30. The Balaban J connectivity index is 3.15. The van der Waals surface area contributed by atoms with Gasteiger partial charge in [0, 0.05) is 5.56 Å². The Morgan fingerprint density at radius 3 is 2.79 bits per heavy atom. The Labute approximate surface area is 86.9 Å². The third kappa shape index (κ3) is 2.48. The van der Waals surface area contributed by atoms with Crippen molar-refractivity contribution in [3.05, 3.63) is 29.3 Å². The molecular weight excluding hydrogens is 202 g/mol. The van der Waals surface area contributed by atoms with Crippen molar-refractivity contribution in [3.63, 3.8) is 0 Å². The first-order chi connectivity index (χ1) is 6.67. The van der Waals surface area contributed by atoms with E-state index in [1.807, 2.05) is 13.0 Å². The zero-order valence-electron chi connectivity index (χ0n) is 7.58. The van der Waals surface area contributed by atoms with E-state index in [2.05, 4.69) is 0 Å². The summed E-state index contributed by atoms with van der Waals surface area (Å²) in [6.07, 6.45) is 0. The van der Waals surface area contributed by atoms with Gasteiger partial charge in [-0.2, -0.15) is 5.26 Å². The monoisotopic (exact) mass is 209 g/mol. The highest BCUT2D eigenvalue weighted by molar-refractivity contribution is 6.67. The fraction of sp³-hybridized carbons (Fsp3) is 0.200. The van der Waals surface area contributed by atoms with Gasteiger partial charge in [0.05, 0.1) is 18.2 Å². The Kier molecular flexibility index (Phi) is 3.49. The lowest BCUT2D eigenvalue weighted by molar-refractivity contribution is 0.108. The minimum atomic E-state index is -0.594. The van der Waals surface area contributed by atoms with Crippen LogP contribution in [0.4, 0.5) is 0 Å². The zero-order valence-corrected chi connectivity index (χ0v) is 8.34. The topological polar surface area (TPSA) is 50.1 Å². The van der Waals surface area contributed by atoms with E-state index in [1.54, 1.807) is 6.07 Å². The van der Waals surface area contributed by atoms with E-state index in [9.17, 15) is 4.79 Å². The van der Waals surface area contributed by atoms with Gasteiger partial charge in [0.15, 0.2) is 0 Å². The SMILES string of the molecule is CCOc1cc(C#N)cc(C(=O)Cl)c1. The van der Waals surface area contributed by atoms with Gasteiger partial charge < -0.3 is 4.74 Å². The molecule has 0 unspecified atom stereocenters. The van der Waals surface area contributed by atoms with Crippen LogP contribution in [0.15, 0.2) is 18.2 Å². The fourth-order valence-corrected chi connectivity index (χ4v) is 1.14. The van der Waals surface area contributed by atoms with Crippen LogP contribution in [0.3, 0.4) is 0 Å². The van der Waals surface area contributed by atoms with Gasteiger partial charge in [0.25, 0.3) is 5.24 Å². The Hall–Kier alpha value is -1.53. The molecule has 0 aliphatic carbocycles. The molecule has 0 aromatic heterocycles. The molecule has 14 heavy (non-hydrogen) atoms. The molecule has 1 rings (SSSR count). The van der Waals surface area contributed by atoms with Crippen LogP contribution in [0, 0.1) is 11.3 Å². The molecule has 3 nitrogen and oxygen atoms in total. The highest BCUT2D eigenvalue weighted by Gasteiger charge is 2.06. The Morgan fingerprint density at radius 2 is 2.29 bits per heavy atom. The average molecular weight is 210 g/mol. The lowest BCUT2D eigenvalue weighted by Gasteiger charge is -2.04. The summed E-state index contributed by atoms with van der Waals surface area (Å²) in [5, 5.41) is 8.08. The number of ether oxygens (including phenoxy) is 1. The number of hydrogen-bond acceptors (Lipinski definition) is 3. The van der Waals surface area contributed by atoms with Crippen molar-refractivity contribution in [2.75, 3.05) is 6.61 Å². The molecule has 72 valence electrons. The lowest BCUT2D eigenvalue weighted by atomic mass is 10.1. The van der Waals surface area contributed by atoms with E-state index in [4.69, 9.17) is 21.6 Å². The molecule has 0 atom stereocenters. The molecule has 0 aliphatic rings. The van der Waals surface area contributed by atoms with Gasteiger partial charge in [-0.05, 0) is 36.7 Å². The second kappa shape index (κ2) is 4.64. The summed E-state index contributed by atoms with van der Waals surface area (Å²) in [7, 11) is 0. The molecule has 1 aromatic rings. The summed E-state index contributed by atoms with van der Waals surface area (Å²) in [5.74, 6) is 0.482. The van der Waals surface area contributed by atoms with Crippen molar-refractivity contribution in [2.45, 2.75) is 6.92 Å². The van der Waals surface area contributed by atoms with Crippen LogP contribution >= 0.6 is 11.6 Å². The van der Waals surface area contributed by atoms with Crippen LogP contribution in [0.1, 0.15) is 22.8 Å². The minimum absolute atomic E-state index is 0.272. The first-order valence-corrected chi connectivity index (χ1v) is 4.43. The molecule has 0 bridgehead atoms. The molecule has 0 amide bonds. The number of carbonyl (C=O) groups is 1. The molecule has 0 radical (unpaired) electrons. The van der Waals surface area contributed by atoms with Gasteiger partial charge in [0.2, 0.25) is 0 Å². The fourth-order valence-electron chi connectivity index (χ4n) is 1.03. The number of rotatable bonds is 3. The quantitative estimate of drug-likeness (QED) is 0.718. The number of nitriles is 1. The molecule has 4 heteroatoms. The number of carbonyl (C=O) groups excluding carboxylic acids is 1. The predicted octanol–water partition coefficient (Wildman–Crippen LogP) is 2.34. The van der Waals surface area contributed by atoms with Gasteiger partial charge in [-0.15, -0.1) is 0 Å². The summed E-state index contributed by atoms with van der Waals surface area (Å²) in [6, 6.07) is 6.43. The van der Waals surface area contributed by atoms with E-state index < -0.39 is 5.24 Å². The number of halogens is 1.